The van der Waals surface area contributed by atoms with Gasteiger partial charge in [0.2, 0.25) is 17.7 Å². The molecule has 3 aliphatic heterocycles. The van der Waals surface area contributed by atoms with E-state index < -0.39 is 29.6 Å². The molecular weight excluding hydrogens is 506 g/mol. The number of hydrogen-bond donors (Lipinski definition) is 2. The van der Waals surface area contributed by atoms with E-state index >= 15 is 0 Å². The fraction of sp³-hybridized carbons (Fsp3) is 0.464. The van der Waals surface area contributed by atoms with Gasteiger partial charge in [0.05, 0.1) is 24.5 Å². The molecule has 4 aliphatic rings. The summed E-state index contributed by atoms with van der Waals surface area (Å²) < 4.78 is 6.45. The minimum atomic E-state index is -1.14. The molecule has 5 unspecified atom stereocenters. The zero-order valence-corrected chi connectivity index (χ0v) is 22.4. The fourth-order valence-corrected chi connectivity index (χ4v) is 7.62. The van der Waals surface area contributed by atoms with Crippen molar-refractivity contribution in [2.45, 2.75) is 67.3 Å². The van der Waals surface area contributed by atoms with Gasteiger partial charge in [0.25, 0.3) is 0 Å². The van der Waals surface area contributed by atoms with Gasteiger partial charge in [-0.15, -0.1) is 23.1 Å². The molecule has 37 heavy (non-hydrogen) atoms. The largest absolute Gasteiger partial charge is 0.359 e. The molecule has 2 saturated heterocycles. The first kappa shape index (κ1) is 24.7. The molecule has 7 nitrogen and oxygen atoms in total. The number of nitrogens with zero attached hydrogens (tertiary/aromatic N) is 1. The second-order valence-electron chi connectivity index (χ2n) is 10.3. The van der Waals surface area contributed by atoms with Gasteiger partial charge < -0.3 is 20.3 Å². The predicted molar refractivity (Wildman–Crippen MR) is 144 cm³/mol. The van der Waals surface area contributed by atoms with Crippen LogP contribution in [0, 0.1) is 11.8 Å². The lowest BCUT2D eigenvalue weighted by Crippen LogP contribution is -2.56. The molecule has 2 N–H and O–H groups in total. The van der Waals surface area contributed by atoms with Crippen LogP contribution in [-0.2, 0) is 25.7 Å². The number of amides is 3. The standard InChI is InChI=1S/C28H31N3O4S2/c1-36-19-10-5-9-18(15-19)30-25(32)22-21-12-13-28(35-21)23(22)27(34)31(16-20-11-6-14-37-20)24(28)26(33)29-17-7-3-2-4-8-17/h5-6,9-15,17,21-24H,2-4,7-8,16H2,1H3,(H,29,33)(H,30,32). The van der Waals surface area contributed by atoms with Gasteiger partial charge in [0.1, 0.15) is 11.6 Å². The Kier molecular flexibility index (Phi) is 6.63. The van der Waals surface area contributed by atoms with E-state index in [9.17, 15) is 14.4 Å². The van der Waals surface area contributed by atoms with Crippen molar-refractivity contribution in [1.29, 1.82) is 0 Å². The number of rotatable bonds is 7. The molecule has 3 fully saturated rings. The van der Waals surface area contributed by atoms with Gasteiger partial charge in [-0.3, -0.25) is 14.4 Å². The molecular formula is C28H31N3O4S2. The summed E-state index contributed by atoms with van der Waals surface area (Å²) in [7, 11) is 0. The third-order valence-corrected chi connectivity index (χ3v) is 9.71. The van der Waals surface area contributed by atoms with Crippen molar-refractivity contribution in [3.05, 3.63) is 58.8 Å². The normalized spacial score (nSPS) is 30.5. The highest BCUT2D eigenvalue weighted by Crippen LogP contribution is 2.55. The van der Waals surface area contributed by atoms with Crippen LogP contribution in [0.1, 0.15) is 37.0 Å². The quantitative estimate of drug-likeness (QED) is 0.408. The molecule has 194 valence electrons. The maximum atomic E-state index is 14.0. The van der Waals surface area contributed by atoms with Crippen LogP contribution < -0.4 is 10.6 Å². The minimum Gasteiger partial charge on any atom is -0.359 e. The molecule has 1 aromatic carbocycles. The lowest BCUT2D eigenvalue weighted by molar-refractivity contribution is -0.142. The summed E-state index contributed by atoms with van der Waals surface area (Å²) in [5.74, 6) is -2.07. The van der Waals surface area contributed by atoms with Crippen LogP contribution in [0.25, 0.3) is 0 Å². The number of carbonyl (C=O) groups is 3. The Labute approximate surface area is 225 Å². The van der Waals surface area contributed by atoms with Gasteiger partial charge in [-0.05, 0) is 48.7 Å². The van der Waals surface area contributed by atoms with Crippen LogP contribution in [-0.4, -0.2) is 52.7 Å². The van der Waals surface area contributed by atoms with Gasteiger partial charge >= 0.3 is 0 Å². The van der Waals surface area contributed by atoms with E-state index in [-0.39, 0.29) is 23.8 Å². The van der Waals surface area contributed by atoms with E-state index in [1.165, 1.54) is 6.42 Å². The predicted octanol–water partition coefficient (Wildman–Crippen LogP) is 4.21. The van der Waals surface area contributed by atoms with Crippen molar-refractivity contribution in [1.82, 2.24) is 10.2 Å². The number of benzene rings is 1. The molecule has 2 bridgehead atoms. The van der Waals surface area contributed by atoms with Gasteiger partial charge in [-0.2, -0.15) is 0 Å². The summed E-state index contributed by atoms with van der Waals surface area (Å²) in [6.07, 6.45) is 10.5. The number of carbonyl (C=O) groups excluding carboxylic acids is 3. The zero-order chi connectivity index (χ0) is 25.6. The monoisotopic (exact) mass is 537 g/mol. The van der Waals surface area contributed by atoms with E-state index in [1.807, 2.05) is 60.2 Å². The molecule has 5 atom stereocenters. The number of nitrogens with one attached hydrogen (secondary N) is 2. The maximum absolute atomic E-state index is 14.0. The second-order valence-corrected chi connectivity index (χ2v) is 12.2. The number of likely N-dealkylation sites (tertiary alicyclic amines) is 1. The summed E-state index contributed by atoms with van der Waals surface area (Å²) in [6, 6.07) is 10.9. The maximum Gasteiger partial charge on any atom is 0.246 e. The average molecular weight is 538 g/mol. The zero-order valence-electron chi connectivity index (χ0n) is 20.7. The number of hydrogen-bond acceptors (Lipinski definition) is 6. The van der Waals surface area contributed by atoms with Gasteiger partial charge in [0, 0.05) is 21.5 Å². The van der Waals surface area contributed by atoms with Gasteiger partial charge in [-0.25, -0.2) is 0 Å². The third-order valence-electron chi connectivity index (χ3n) is 8.12. The van der Waals surface area contributed by atoms with Crippen LogP contribution in [0.3, 0.4) is 0 Å². The Bertz CT molecular complexity index is 1230. The average Bonchev–Trinajstić information content (AvgIpc) is 3.68. The van der Waals surface area contributed by atoms with E-state index in [0.29, 0.717) is 12.2 Å². The highest BCUT2D eigenvalue weighted by Gasteiger charge is 2.72. The van der Waals surface area contributed by atoms with E-state index in [2.05, 4.69) is 10.6 Å². The molecule has 4 heterocycles. The lowest BCUT2D eigenvalue weighted by Gasteiger charge is -2.34. The molecule has 3 amide bonds. The second kappa shape index (κ2) is 9.93. The van der Waals surface area contributed by atoms with E-state index in [4.69, 9.17) is 4.74 Å². The van der Waals surface area contributed by atoms with Crippen molar-refractivity contribution in [3.8, 4) is 0 Å². The topological polar surface area (TPSA) is 87.7 Å². The minimum absolute atomic E-state index is 0.112. The SMILES string of the molecule is CSc1cccc(NC(=O)C2C3C=CC4(O3)C2C(=O)N(Cc2cccs2)C4C(=O)NC2CCCCC2)c1. The number of thioether (sulfide) groups is 1. The number of anilines is 1. The molecule has 1 spiro atoms. The lowest BCUT2D eigenvalue weighted by atomic mass is 9.74. The van der Waals surface area contributed by atoms with E-state index in [1.54, 1.807) is 28.0 Å². The van der Waals surface area contributed by atoms with Crippen molar-refractivity contribution in [2.24, 2.45) is 11.8 Å². The number of ether oxygens (including phenoxy) is 1. The first-order valence-electron chi connectivity index (χ1n) is 13.0. The fourth-order valence-electron chi connectivity index (χ4n) is 6.46. The van der Waals surface area contributed by atoms with Crippen LogP contribution >= 0.6 is 23.1 Å². The molecule has 1 aromatic heterocycles. The Hall–Kier alpha value is -2.62. The molecule has 1 saturated carbocycles. The summed E-state index contributed by atoms with van der Waals surface area (Å²) >= 11 is 3.15. The van der Waals surface area contributed by atoms with Crippen LogP contribution in [0.2, 0.25) is 0 Å². The first-order chi connectivity index (χ1) is 18.0. The summed E-state index contributed by atoms with van der Waals surface area (Å²) in [6.45, 7) is 0.323. The van der Waals surface area contributed by atoms with Crippen molar-refractivity contribution in [3.63, 3.8) is 0 Å². The van der Waals surface area contributed by atoms with Crippen LogP contribution in [0.5, 0.6) is 0 Å². The Morgan fingerprint density at radius 1 is 1.16 bits per heavy atom. The van der Waals surface area contributed by atoms with Crippen LogP contribution in [0.4, 0.5) is 5.69 Å². The van der Waals surface area contributed by atoms with Gasteiger partial charge in [-0.1, -0.05) is 43.5 Å². The molecule has 0 radical (unpaired) electrons. The highest BCUT2D eigenvalue weighted by molar-refractivity contribution is 7.98. The molecule has 2 aromatic rings. The Morgan fingerprint density at radius 3 is 2.76 bits per heavy atom. The van der Waals surface area contributed by atoms with Crippen molar-refractivity contribution in [2.75, 3.05) is 11.6 Å². The Morgan fingerprint density at radius 2 is 2.00 bits per heavy atom. The highest BCUT2D eigenvalue weighted by atomic mass is 32.2. The van der Waals surface area contributed by atoms with Gasteiger partial charge in [0.15, 0.2) is 0 Å². The smallest absolute Gasteiger partial charge is 0.246 e. The molecule has 9 heteroatoms. The number of thiophene rings is 1. The third kappa shape index (κ3) is 4.30. The van der Waals surface area contributed by atoms with Crippen molar-refractivity contribution >= 4 is 46.5 Å². The van der Waals surface area contributed by atoms with E-state index in [0.717, 1.165) is 35.5 Å². The molecule has 1 aliphatic carbocycles. The summed E-state index contributed by atoms with van der Waals surface area (Å²) in [4.78, 5) is 45.2. The summed E-state index contributed by atoms with van der Waals surface area (Å²) in [5, 5.41) is 8.20. The van der Waals surface area contributed by atoms with Crippen molar-refractivity contribution < 1.29 is 19.1 Å². The van der Waals surface area contributed by atoms with Crippen LogP contribution in [0.15, 0.2) is 58.8 Å². The first-order valence-corrected chi connectivity index (χ1v) is 15.1. The number of fused-ring (bicyclic) bond motifs is 1. The Balaban J connectivity index is 1.31. The summed E-state index contributed by atoms with van der Waals surface area (Å²) in [5.41, 5.74) is -0.453. The molecule has 6 rings (SSSR count).